The molecular formula is C29H23Br2N. The van der Waals surface area contributed by atoms with Crippen LogP contribution in [0.1, 0.15) is 42.2 Å². The highest BCUT2D eigenvalue weighted by Gasteiger charge is 2.36. The summed E-state index contributed by atoms with van der Waals surface area (Å²) in [7, 11) is 0. The van der Waals surface area contributed by atoms with Crippen molar-refractivity contribution in [3.05, 3.63) is 111 Å². The van der Waals surface area contributed by atoms with E-state index < -0.39 is 0 Å². The van der Waals surface area contributed by atoms with Gasteiger partial charge in [-0.2, -0.15) is 0 Å². The summed E-state index contributed by atoms with van der Waals surface area (Å²) in [5.74, 6) is 1.58. The van der Waals surface area contributed by atoms with Gasteiger partial charge < -0.3 is 4.90 Å². The van der Waals surface area contributed by atoms with Gasteiger partial charge in [-0.1, -0.05) is 62.2 Å². The van der Waals surface area contributed by atoms with E-state index in [4.69, 9.17) is 0 Å². The van der Waals surface area contributed by atoms with Crippen LogP contribution in [-0.2, 0) is 0 Å². The Morgan fingerprint density at radius 3 is 1.81 bits per heavy atom. The number of hydrogen-bond donors (Lipinski definition) is 0. The van der Waals surface area contributed by atoms with E-state index in [0.29, 0.717) is 0 Å². The Labute approximate surface area is 206 Å². The minimum Gasteiger partial charge on any atom is -0.310 e. The molecule has 4 aromatic rings. The minimum absolute atomic E-state index is 0.778. The molecule has 0 amide bonds. The van der Waals surface area contributed by atoms with E-state index in [9.17, 15) is 0 Å². The molecule has 1 fully saturated rings. The van der Waals surface area contributed by atoms with Gasteiger partial charge in [-0.25, -0.2) is 0 Å². The summed E-state index contributed by atoms with van der Waals surface area (Å²) in [6, 6.07) is 33.1. The predicted molar refractivity (Wildman–Crippen MR) is 141 cm³/mol. The van der Waals surface area contributed by atoms with Gasteiger partial charge in [0.1, 0.15) is 0 Å². The molecule has 3 heteroatoms. The molecule has 0 aliphatic heterocycles. The van der Waals surface area contributed by atoms with Crippen molar-refractivity contribution in [3.63, 3.8) is 0 Å². The summed E-state index contributed by atoms with van der Waals surface area (Å²) >= 11 is 7.14. The quantitative estimate of drug-likeness (QED) is 0.247. The second-order valence-electron chi connectivity index (χ2n) is 8.89. The number of nitrogens with zero attached hydrogens (tertiary/aromatic N) is 1. The molecular weight excluding hydrogens is 522 g/mol. The molecule has 0 heterocycles. The van der Waals surface area contributed by atoms with Gasteiger partial charge in [0.2, 0.25) is 0 Å². The Kier molecular flexibility index (Phi) is 5.20. The Morgan fingerprint density at radius 2 is 1.16 bits per heavy atom. The van der Waals surface area contributed by atoms with Crippen LogP contribution in [0.4, 0.5) is 17.1 Å². The average molecular weight is 545 g/mol. The highest BCUT2D eigenvalue weighted by molar-refractivity contribution is 9.10. The predicted octanol–water partition coefficient (Wildman–Crippen LogP) is 9.71. The van der Waals surface area contributed by atoms with Gasteiger partial charge in [0.05, 0.1) is 0 Å². The number of hydrogen-bond acceptors (Lipinski definition) is 1. The third kappa shape index (κ3) is 3.62. The fourth-order valence-electron chi connectivity index (χ4n) is 5.48. The maximum atomic E-state index is 3.57. The molecule has 2 unspecified atom stereocenters. The van der Waals surface area contributed by atoms with Crippen molar-refractivity contribution in [1.29, 1.82) is 0 Å². The monoisotopic (exact) mass is 543 g/mol. The molecule has 2 atom stereocenters. The zero-order valence-corrected chi connectivity index (χ0v) is 20.8. The Balaban J connectivity index is 1.43. The summed E-state index contributed by atoms with van der Waals surface area (Å²) < 4.78 is 2.16. The van der Waals surface area contributed by atoms with Crippen LogP contribution in [0.2, 0.25) is 0 Å². The van der Waals surface area contributed by atoms with E-state index in [0.717, 1.165) is 37.8 Å². The normalized spacial score (nSPS) is 18.6. The second-order valence-corrected chi connectivity index (χ2v) is 10.7. The van der Waals surface area contributed by atoms with Gasteiger partial charge in [-0.3, -0.25) is 0 Å². The molecule has 0 saturated heterocycles. The lowest BCUT2D eigenvalue weighted by atomic mass is 9.89. The Morgan fingerprint density at radius 1 is 0.562 bits per heavy atom. The van der Waals surface area contributed by atoms with Gasteiger partial charge in [0.15, 0.2) is 0 Å². The van der Waals surface area contributed by atoms with Crippen molar-refractivity contribution in [1.82, 2.24) is 0 Å². The van der Waals surface area contributed by atoms with E-state index in [1.54, 1.807) is 11.1 Å². The second kappa shape index (κ2) is 8.20. The third-order valence-electron chi connectivity index (χ3n) is 7.01. The fourth-order valence-corrected chi connectivity index (χ4v) is 6.01. The summed E-state index contributed by atoms with van der Waals surface area (Å²) in [4.78, 5) is 2.32. The molecule has 0 N–H and O–H groups in total. The molecule has 2 aliphatic rings. The van der Waals surface area contributed by atoms with E-state index >= 15 is 0 Å². The van der Waals surface area contributed by atoms with Gasteiger partial charge in [-0.15, -0.1) is 0 Å². The topological polar surface area (TPSA) is 3.24 Å². The zero-order chi connectivity index (χ0) is 21.7. The van der Waals surface area contributed by atoms with Gasteiger partial charge in [-0.05, 0) is 114 Å². The summed E-state index contributed by atoms with van der Waals surface area (Å²) in [6.07, 6.45) is 4.10. The van der Waals surface area contributed by atoms with E-state index in [1.165, 1.54) is 30.4 Å². The van der Waals surface area contributed by atoms with Crippen molar-refractivity contribution in [2.24, 2.45) is 0 Å². The first-order valence-electron chi connectivity index (χ1n) is 11.2. The molecule has 2 aliphatic carbocycles. The lowest BCUT2D eigenvalue weighted by Gasteiger charge is -2.26. The molecule has 0 aromatic heterocycles. The number of halogens is 2. The molecule has 158 valence electrons. The highest BCUT2D eigenvalue weighted by atomic mass is 79.9. The third-order valence-corrected chi connectivity index (χ3v) is 8.06. The standard InChI is InChI=1S/C29H23Br2N/c30-23-7-11-25(12-8-23)32(26-13-9-24(31)10-14-26)27-3-1-2-19(17-27)20-6-15-28-21-4-5-22(16-21)29(28)18-20/h1-3,6-15,17-18,21-22H,4-5,16H2. The Hall–Kier alpha value is -2.36. The first kappa shape index (κ1) is 20.3. The lowest BCUT2D eigenvalue weighted by molar-refractivity contribution is 0.718. The van der Waals surface area contributed by atoms with Crippen LogP contribution in [0.15, 0.2) is 99.9 Å². The van der Waals surface area contributed by atoms with Crippen LogP contribution >= 0.6 is 31.9 Å². The lowest BCUT2D eigenvalue weighted by Crippen LogP contribution is -2.09. The van der Waals surface area contributed by atoms with E-state index in [1.807, 2.05) is 0 Å². The number of rotatable bonds is 4. The van der Waals surface area contributed by atoms with Gasteiger partial charge in [0, 0.05) is 26.0 Å². The zero-order valence-electron chi connectivity index (χ0n) is 17.6. The summed E-state index contributed by atoms with van der Waals surface area (Å²) in [5, 5.41) is 0. The smallest absolute Gasteiger partial charge is 0.0467 e. The first-order valence-corrected chi connectivity index (χ1v) is 12.8. The number of benzene rings is 4. The fraction of sp³-hybridized carbons (Fsp3) is 0.172. The van der Waals surface area contributed by atoms with Gasteiger partial charge >= 0.3 is 0 Å². The van der Waals surface area contributed by atoms with Crippen LogP contribution < -0.4 is 4.90 Å². The minimum atomic E-state index is 0.778. The van der Waals surface area contributed by atoms with Gasteiger partial charge in [0.25, 0.3) is 0 Å². The highest BCUT2D eigenvalue weighted by Crippen LogP contribution is 2.53. The van der Waals surface area contributed by atoms with Crippen LogP contribution in [0.5, 0.6) is 0 Å². The maximum Gasteiger partial charge on any atom is 0.0467 e. The van der Waals surface area contributed by atoms with Crippen LogP contribution in [0, 0.1) is 0 Å². The van der Waals surface area contributed by atoms with E-state index in [-0.39, 0.29) is 0 Å². The van der Waals surface area contributed by atoms with Crippen molar-refractivity contribution < 1.29 is 0 Å². The largest absolute Gasteiger partial charge is 0.310 e. The van der Waals surface area contributed by atoms with E-state index in [2.05, 4.69) is 128 Å². The SMILES string of the molecule is Brc1ccc(N(c2ccc(Br)cc2)c2cccc(-c3ccc4c(c3)C3CCC4C3)c2)cc1. The molecule has 1 nitrogen and oxygen atoms in total. The first-order chi connectivity index (χ1) is 15.7. The average Bonchev–Trinajstić information content (AvgIpc) is 3.45. The maximum absolute atomic E-state index is 3.57. The van der Waals surface area contributed by atoms with Crippen LogP contribution in [0.25, 0.3) is 11.1 Å². The van der Waals surface area contributed by atoms with Crippen LogP contribution in [-0.4, -0.2) is 0 Å². The molecule has 0 spiro atoms. The van der Waals surface area contributed by atoms with Crippen molar-refractivity contribution in [2.45, 2.75) is 31.1 Å². The molecule has 6 rings (SSSR count). The molecule has 4 aromatic carbocycles. The number of fused-ring (bicyclic) bond motifs is 5. The Bertz CT molecular complexity index is 1230. The summed E-state index contributed by atoms with van der Waals surface area (Å²) in [6.45, 7) is 0. The number of anilines is 3. The van der Waals surface area contributed by atoms with Crippen LogP contribution in [0.3, 0.4) is 0 Å². The molecule has 1 saturated carbocycles. The molecule has 2 bridgehead atoms. The van der Waals surface area contributed by atoms with Crippen molar-refractivity contribution >= 4 is 48.9 Å². The van der Waals surface area contributed by atoms with Crippen molar-refractivity contribution in [2.75, 3.05) is 4.90 Å². The molecule has 32 heavy (non-hydrogen) atoms. The molecule has 0 radical (unpaired) electrons. The van der Waals surface area contributed by atoms with Crippen molar-refractivity contribution in [3.8, 4) is 11.1 Å². The summed E-state index contributed by atoms with van der Waals surface area (Å²) in [5.41, 5.74) is 9.23.